The van der Waals surface area contributed by atoms with Gasteiger partial charge in [-0.2, -0.15) is 11.8 Å². The van der Waals surface area contributed by atoms with Crippen LogP contribution in [0.4, 0.5) is 5.82 Å². The van der Waals surface area contributed by atoms with Gasteiger partial charge in [0, 0.05) is 29.6 Å². The number of carbonyl (C=O) groups is 1. The van der Waals surface area contributed by atoms with E-state index >= 15 is 0 Å². The summed E-state index contributed by atoms with van der Waals surface area (Å²) in [5.41, 5.74) is 1.65. The van der Waals surface area contributed by atoms with Crippen molar-refractivity contribution in [1.82, 2.24) is 10.3 Å². The fourth-order valence-electron chi connectivity index (χ4n) is 2.36. The molecule has 1 amide bonds. The van der Waals surface area contributed by atoms with Crippen LogP contribution in [0.3, 0.4) is 0 Å². The van der Waals surface area contributed by atoms with E-state index in [4.69, 9.17) is 0 Å². The summed E-state index contributed by atoms with van der Waals surface area (Å²) in [4.78, 5) is 16.9. The number of hydrogen-bond acceptors (Lipinski definition) is 4. The molecule has 1 fully saturated rings. The van der Waals surface area contributed by atoms with Crippen LogP contribution in [-0.4, -0.2) is 35.0 Å². The maximum atomic E-state index is 12.4. The van der Waals surface area contributed by atoms with Crippen LogP contribution in [0.1, 0.15) is 55.6 Å². The molecule has 0 spiro atoms. The third-order valence-corrected chi connectivity index (χ3v) is 4.97. The molecular formula is C16H25N3OS. The van der Waals surface area contributed by atoms with E-state index in [1.165, 1.54) is 18.6 Å². The smallest absolute Gasteiger partial charge is 0.251 e. The number of rotatable bonds is 6. The second kappa shape index (κ2) is 7.69. The van der Waals surface area contributed by atoms with E-state index < -0.39 is 0 Å². The van der Waals surface area contributed by atoms with Crippen molar-refractivity contribution >= 4 is 23.5 Å². The van der Waals surface area contributed by atoms with Crippen molar-refractivity contribution in [2.24, 2.45) is 0 Å². The number of hydrogen-bond donors (Lipinski definition) is 2. The Kier molecular flexibility index (Phi) is 5.91. The average molecular weight is 307 g/mol. The molecule has 1 atom stereocenters. The van der Waals surface area contributed by atoms with Crippen molar-refractivity contribution in [3.8, 4) is 0 Å². The number of nitrogens with one attached hydrogen (secondary N) is 2. The molecular weight excluding hydrogens is 282 g/mol. The second-order valence-corrected chi connectivity index (χ2v) is 7.10. The summed E-state index contributed by atoms with van der Waals surface area (Å²) in [5.74, 6) is 2.31. The molecule has 4 nitrogen and oxygen atoms in total. The number of thioether (sulfide) groups is 1. The molecule has 0 radical (unpaired) electrons. The van der Waals surface area contributed by atoms with Crippen LogP contribution in [0.25, 0.3) is 0 Å². The number of nitrogens with zero attached hydrogens (tertiary/aromatic N) is 1. The summed E-state index contributed by atoms with van der Waals surface area (Å²) >= 11 is 1.96. The van der Waals surface area contributed by atoms with Gasteiger partial charge >= 0.3 is 0 Å². The maximum Gasteiger partial charge on any atom is 0.251 e. The lowest BCUT2D eigenvalue weighted by Gasteiger charge is -2.13. The first-order valence-corrected chi connectivity index (χ1v) is 8.80. The van der Waals surface area contributed by atoms with Gasteiger partial charge in [-0.1, -0.05) is 13.8 Å². The molecule has 2 rings (SSSR count). The van der Waals surface area contributed by atoms with Crippen LogP contribution >= 0.6 is 11.8 Å². The molecule has 0 aliphatic carbocycles. The molecule has 0 bridgehead atoms. The predicted molar refractivity (Wildman–Crippen MR) is 90.3 cm³/mol. The fraction of sp³-hybridized carbons (Fsp3) is 0.625. The topological polar surface area (TPSA) is 54.0 Å². The first-order valence-electron chi connectivity index (χ1n) is 7.75. The summed E-state index contributed by atoms with van der Waals surface area (Å²) in [6, 6.07) is 3.75. The summed E-state index contributed by atoms with van der Waals surface area (Å²) < 4.78 is 0. The van der Waals surface area contributed by atoms with E-state index in [0.717, 1.165) is 24.6 Å². The molecule has 0 aromatic carbocycles. The van der Waals surface area contributed by atoms with Crippen LogP contribution in [0, 0.1) is 0 Å². The molecule has 2 N–H and O–H groups in total. The highest BCUT2D eigenvalue weighted by Crippen LogP contribution is 2.25. The Morgan fingerprint density at radius 2 is 2.29 bits per heavy atom. The minimum atomic E-state index is 0.00551. The molecule has 2 heterocycles. The fourth-order valence-corrected chi connectivity index (χ4v) is 3.57. The van der Waals surface area contributed by atoms with Gasteiger partial charge in [-0.05, 0) is 43.6 Å². The molecule has 21 heavy (non-hydrogen) atoms. The van der Waals surface area contributed by atoms with Crippen LogP contribution in [0.15, 0.2) is 12.1 Å². The summed E-state index contributed by atoms with van der Waals surface area (Å²) in [6.45, 7) is 7.78. The number of anilines is 1. The Labute approximate surface area is 131 Å². The predicted octanol–water partition coefficient (Wildman–Crippen LogP) is 3.26. The molecule has 1 aliphatic heterocycles. The Bertz CT molecular complexity index is 484. The largest absolute Gasteiger partial charge is 0.370 e. The third-order valence-electron chi connectivity index (χ3n) is 3.57. The average Bonchev–Trinajstić information content (AvgIpc) is 2.98. The van der Waals surface area contributed by atoms with E-state index in [0.29, 0.717) is 16.7 Å². The quantitative estimate of drug-likeness (QED) is 0.847. The maximum absolute atomic E-state index is 12.4. The highest BCUT2D eigenvalue weighted by molar-refractivity contribution is 8.00. The van der Waals surface area contributed by atoms with Crippen molar-refractivity contribution in [1.29, 1.82) is 0 Å². The highest BCUT2D eigenvalue weighted by atomic mass is 32.2. The van der Waals surface area contributed by atoms with E-state index in [-0.39, 0.29) is 5.91 Å². The van der Waals surface area contributed by atoms with Gasteiger partial charge in [0.15, 0.2) is 0 Å². The van der Waals surface area contributed by atoms with Crippen molar-refractivity contribution < 1.29 is 4.79 Å². The van der Waals surface area contributed by atoms with Gasteiger partial charge < -0.3 is 10.6 Å². The first kappa shape index (κ1) is 16.1. The van der Waals surface area contributed by atoms with Gasteiger partial charge in [0.25, 0.3) is 5.91 Å². The van der Waals surface area contributed by atoms with Crippen molar-refractivity contribution in [3.63, 3.8) is 0 Å². The van der Waals surface area contributed by atoms with Crippen LogP contribution < -0.4 is 10.6 Å². The SMILES string of the molecule is CCNc1cc(C(=O)NCC2CCCS2)cc(C(C)C)n1. The van der Waals surface area contributed by atoms with E-state index in [2.05, 4.69) is 29.5 Å². The van der Waals surface area contributed by atoms with Gasteiger partial charge in [-0.15, -0.1) is 0 Å². The highest BCUT2D eigenvalue weighted by Gasteiger charge is 2.17. The number of pyridine rings is 1. The normalized spacial score (nSPS) is 18.0. The zero-order chi connectivity index (χ0) is 15.2. The Hall–Kier alpha value is -1.23. The van der Waals surface area contributed by atoms with Crippen LogP contribution in [0.5, 0.6) is 0 Å². The summed E-state index contributed by atoms with van der Waals surface area (Å²) in [5, 5.41) is 6.84. The van der Waals surface area contributed by atoms with Gasteiger partial charge in [0.1, 0.15) is 5.82 Å². The Balaban J connectivity index is 2.06. The zero-order valence-corrected chi connectivity index (χ0v) is 13.9. The number of aromatic nitrogens is 1. The van der Waals surface area contributed by atoms with E-state index in [1.54, 1.807) is 0 Å². The van der Waals surface area contributed by atoms with Crippen LogP contribution in [0.2, 0.25) is 0 Å². The monoisotopic (exact) mass is 307 g/mol. The number of amides is 1. The summed E-state index contributed by atoms with van der Waals surface area (Å²) in [6.07, 6.45) is 2.48. The van der Waals surface area contributed by atoms with Crippen molar-refractivity contribution in [2.45, 2.75) is 44.8 Å². The van der Waals surface area contributed by atoms with Gasteiger partial charge in [-0.25, -0.2) is 4.98 Å². The lowest BCUT2D eigenvalue weighted by atomic mass is 10.1. The van der Waals surface area contributed by atoms with E-state index in [9.17, 15) is 4.79 Å². The third kappa shape index (κ3) is 4.63. The standard InChI is InChI=1S/C16H25N3OS/c1-4-17-15-9-12(8-14(19-15)11(2)3)16(20)18-10-13-6-5-7-21-13/h8-9,11,13H,4-7,10H2,1-3H3,(H,17,19)(H,18,20). The summed E-state index contributed by atoms with van der Waals surface area (Å²) in [7, 11) is 0. The van der Waals surface area contributed by atoms with Gasteiger partial charge in [0.05, 0.1) is 0 Å². The molecule has 1 unspecified atom stereocenters. The first-order chi connectivity index (χ1) is 10.1. The molecule has 1 saturated heterocycles. The lowest BCUT2D eigenvalue weighted by molar-refractivity contribution is 0.0953. The minimum absolute atomic E-state index is 0.00551. The van der Waals surface area contributed by atoms with Crippen LogP contribution in [-0.2, 0) is 0 Å². The Morgan fingerprint density at radius 1 is 1.48 bits per heavy atom. The molecule has 1 aromatic heterocycles. The number of carbonyl (C=O) groups excluding carboxylic acids is 1. The molecule has 1 aliphatic rings. The van der Waals surface area contributed by atoms with Gasteiger partial charge in [-0.3, -0.25) is 4.79 Å². The molecule has 0 saturated carbocycles. The second-order valence-electron chi connectivity index (χ2n) is 5.70. The lowest BCUT2D eigenvalue weighted by Crippen LogP contribution is -2.30. The van der Waals surface area contributed by atoms with Crippen molar-refractivity contribution in [3.05, 3.63) is 23.4 Å². The molecule has 5 heteroatoms. The Morgan fingerprint density at radius 3 is 2.90 bits per heavy atom. The minimum Gasteiger partial charge on any atom is -0.370 e. The van der Waals surface area contributed by atoms with E-state index in [1.807, 2.05) is 30.8 Å². The molecule has 1 aromatic rings. The van der Waals surface area contributed by atoms with Crippen molar-refractivity contribution in [2.75, 3.05) is 24.2 Å². The molecule has 116 valence electrons. The van der Waals surface area contributed by atoms with Gasteiger partial charge in [0.2, 0.25) is 0 Å². The zero-order valence-electron chi connectivity index (χ0n) is 13.1.